The predicted molar refractivity (Wildman–Crippen MR) is 90.7 cm³/mol. The van der Waals surface area contributed by atoms with Crippen LogP contribution in [-0.2, 0) is 9.53 Å². The molecular weight excluding hydrogens is 350 g/mol. The van der Waals surface area contributed by atoms with Gasteiger partial charge in [-0.25, -0.2) is 9.78 Å². The smallest absolute Gasteiger partial charge is 0.340 e. The van der Waals surface area contributed by atoms with Crippen LogP contribution in [0.4, 0.5) is 11.4 Å². The van der Waals surface area contributed by atoms with Gasteiger partial charge in [0.05, 0.1) is 10.5 Å². The number of anilines is 1. The highest BCUT2D eigenvalue weighted by Crippen LogP contribution is 2.27. The monoisotopic (exact) mass is 363 g/mol. The van der Waals surface area contributed by atoms with Gasteiger partial charge in [0.2, 0.25) is 0 Å². The normalized spacial score (nSPS) is 10.2. The predicted octanol–water partition coefficient (Wildman–Crippen LogP) is 3.06. The van der Waals surface area contributed by atoms with Crippen molar-refractivity contribution in [2.75, 3.05) is 11.9 Å². The zero-order valence-corrected chi connectivity index (χ0v) is 14.2. The number of nitrogens with one attached hydrogen (secondary N) is 1. The van der Waals surface area contributed by atoms with Crippen LogP contribution in [0.1, 0.15) is 21.5 Å². The van der Waals surface area contributed by atoms with Crippen LogP contribution >= 0.6 is 11.6 Å². The first-order valence-electron chi connectivity index (χ1n) is 7.12. The van der Waals surface area contributed by atoms with E-state index in [0.29, 0.717) is 0 Å². The SMILES string of the molecule is Cc1cc(NC(=O)COC(=O)c2ccc(Cl)nc2)c([N+](=O)[O-])cc1C. The van der Waals surface area contributed by atoms with E-state index in [1.165, 1.54) is 30.5 Å². The molecule has 0 saturated heterocycles. The summed E-state index contributed by atoms with van der Waals surface area (Å²) in [5.74, 6) is -1.45. The van der Waals surface area contributed by atoms with Crippen molar-refractivity contribution < 1.29 is 19.2 Å². The van der Waals surface area contributed by atoms with Gasteiger partial charge in [0.1, 0.15) is 10.8 Å². The van der Waals surface area contributed by atoms with Crippen LogP contribution in [0, 0.1) is 24.0 Å². The van der Waals surface area contributed by atoms with Gasteiger partial charge < -0.3 is 10.1 Å². The van der Waals surface area contributed by atoms with E-state index in [0.717, 1.165) is 11.1 Å². The van der Waals surface area contributed by atoms with Crippen molar-refractivity contribution in [2.24, 2.45) is 0 Å². The maximum atomic E-state index is 11.9. The Morgan fingerprint density at radius 2 is 1.96 bits per heavy atom. The van der Waals surface area contributed by atoms with Crippen molar-refractivity contribution in [1.82, 2.24) is 4.98 Å². The van der Waals surface area contributed by atoms with E-state index in [2.05, 4.69) is 10.3 Å². The van der Waals surface area contributed by atoms with Crippen LogP contribution in [0.15, 0.2) is 30.5 Å². The van der Waals surface area contributed by atoms with E-state index in [-0.39, 0.29) is 22.1 Å². The van der Waals surface area contributed by atoms with Crippen LogP contribution in [0.25, 0.3) is 0 Å². The molecule has 0 atom stereocenters. The van der Waals surface area contributed by atoms with E-state index in [1.807, 2.05) is 0 Å². The number of carbonyl (C=O) groups is 2. The number of rotatable bonds is 5. The molecule has 0 saturated carbocycles. The summed E-state index contributed by atoms with van der Waals surface area (Å²) < 4.78 is 4.85. The first-order chi connectivity index (χ1) is 11.8. The molecule has 1 aromatic carbocycles. The first-order valence-corrected chi connectivity index (χ1v) is 7.50. The van der Waals surface area contributed by atoms with Crippen LogP contribution in [0.3, 0.4) is 0 Å². The lowest BCUT2D eigenvalue weighted by Crippen LogP contribution is -2.21. The second kappa shape index (κ2) is 7.71. The molecule has 2 aromatic rings. The summed E-state index contributed by atoms with van der Waals surface area (Å²) in [5, 5.41) is 13.7. The van der Waals surface area contributed by atoms with E-state index < -0.39 is 23.4 Å². The van der Waals surface area contributed by atoms with Gasteiger partial charge in [-0.2, -0.15) is 0 Å². The van der Waals surface area contributed by atoms with Gasteiger partial charge in [-0.3, -0.25) is 14.9 Å². The van der Waals surface area contributed by atoms with Crippen molar-refractivity contribution in [3.05, 3.63) is 62.4 Å². The number of nitro benzene ring substituents is 1. The van der Waals surface area contributed by atoms with Crippen molar-refractivity contribution in [3.63, 3.8) is 0 Å². The molecule has 1 N–H and O–H groups in total. The summed E-state index contributed by atoms with van der Waals surface area (Å²) in [4.78, 5) is 38.0. The molecule has 130 valence electrons. The van der Waals surface area contributed by atoms with Crippen molar-refractivity contribution >= 4 is 34.9 Å². The Labute approximate surface area is 147 Å². The summed E-state index contributed by atoms with van der Waals surface area (Å²) in [6.07, 6.45) is 1.22. The highest BCUT2D eigenvalue weighted by atomic mass is 35.5. The molecule has 8 nitrogen and oxygen atoms in total. The number of pyridine rings is 1. The number of aromatic nitrogens is 1. The third kappa shape index (κ3) is 4.74. The van der Waals surface area contributed by atoms with Gasteiger partial charge in [-0.05, 0) is 43.2 Å². The molecule has 1 aromatic heterocycles. The number of nitro groups is 1. The standard InChI is InChI=1S/C16H14ClN3O5/c1-9-5-12(13(20(23)24)6-10(9)2)19-15(21)8-25-16(22)11-3-4-14(17)18-7-11/h3-7H,8H2,1-2H3,(H,19,21). The van der Waals surface area contributed by atoms with Crippen LogP contribution in [-0.4, -0.2) is 28.4 Å². The summed E-state index contributed by atoms with van der Waals surface area (Å²) in [6, 6.07) is 5.69. The number of carbonyl (C=O) groups excluding carboxylic acids is 2. The molecule has 1 amide bonds. The Morgan fingerprint density at radius 1 is 1.28 bits per heavy atom. The second-order valence-electron chi connectivity index (χ2n) is 5.20. The molecule has 0 aliphatic heterocycles. The Hall–Kier alpha value is -3.00. The molecular formula is C16H14ClN3O5. The number of ether oxygens (including phenoxy) is 1. The average Bonchev–Trinajstić information content (AvgIpc) is 2.56. The van der Waals surface area contributed by atoms with E-state index in [4.69, 9.17) is 16.3 Å². The lowest BCUT2D eigenvalue weighted by Gasteiger charge is -2.09. The van der Waals surface area contributed by atoms with Gasteiger partial charge in [0.25, 0.3) is 11.6 Å². The van der Waals surface area contributed by atoms with E-state index >= 15 is 0 Å². The number of esters is 1. The number of amides is 1. The molecule has 0 fully saturated rings. The van der Waals surface area contributed by atoms with Crippen molar-refractivity contribution in [3.8, 4) is 0 Å². The molecule has 0 spiro atoms. The topological polar surface area (TPSA) is 111 Å². The number of aryl methyl sites for hydroxylation is 2. The largest absolute Gasteiger partial charge is 0.452 e. The van der Waals surface area contributed by atoms with Crippen molar-refractivity contribution in [2.45, 2.75) is 13.8 Å². The highest BCUT2D eigenvalue weighted by molar-refractivity contribution is 6.29. The highest BCUT2D eigenvalue weighted by Gasteiger charge is 2.18. The number of halogens is 1. The molecule has 1 heterocycles. The average molecular weight is 364 g/mol. The maximum Gasteiger partial charge on any atom is 0.340 e. The van der Waals surface area contributed by atoms with Gasteiger partial charge >= 0.3 is 5.97 Å². The Morgan fingerprint density at radius 3 is 2.56 bits per heavy atom. The fourth-order valence-corrected chi connectivity index (χ4v) is 2.06. The van der Waals surface area contributed by atoms with Gasteiger partial charge in [-0.15, -0.1) is 0 Å². The number of hydrogen-bond acceptors (Lipinski definition) is 6. The van der Waals surface area contributed by atoms with Crippen LogP contribution in [0.5, 0.6) is 0 Å². The molecule has 9 heteroatoms. The minimum absolute atomic E-state index is 0.0438. The number of hydrogen-bond donors (Lipinski definition) is 1. The Balaban J connectivity index is 2.03. The molecule has 25 heavy (non-hydrogen) atoms. The number of nitrogens with zero attached hydrogens (tertiary/aromatic N) is 2. The molecule has 0 aliphatic carbocycles. The second-order valence-corrected chi connectivity index (χ2v) is 5.59. The molecule has 0 bridgehead atoms. The maximum absolute atomic E-state index is 11.9. The zero-order valence-electron chi connectivity index (χ0n) is 13.4. The minimum atomic E-state index is -0.756. The van der Waals surface area contributed by atoms with Crippen LogP contribution < -0.4 is 5.32 Å². The summed E-state index contributed by atoms with van der Waals surface area (Å²) in [6.45, 7) is 2.91. The van der Waals surface area contributed by atoms with Gasteiger partial charge in [0.15, 0.2) is 6.61 Å². The number of benzene rings is 1. The molecule has 0 aliphatic rings. The van der Waals surface area contributed by atoms with E-state index in [1.54, 1.807) is 13.8 Å². The van der Waals surface area contributed by atoms with E-state index in [9.17, 15) is 19.7 Å². The quantitative estimate of drug-likeness (QED) is 0.378. The lowest BCUT2D eigenvalue weighted by molar-refractivity contribution is -0.384. The van der Waals surface area contributed by atoms with Crippen LogP contribution in [0.2, 0.25) is 5.15 Å². The lowest BCUT2D eigenvalue weighted by atomic mass is 10.1. The van der Waals surface area contributed by atoms with Crippen molar-refractivity contribution in [1.29, 1.82) is 0 Å². The third-order valence-electron chi connectivity index (χ3n) is 3.38. The first kappa shape index (κ1) is 18.3. The summed E-state index contributed by atoms with van der Waals surface area (Å²) >= 11 is 5.62. The third-order valence-corrected chi connectivity index (χ3v) is 3.60. The summed E-state index contributed by atoms with van der Waals surface area (Å²) in [7, 11) is 0. The molecule has 0 radical (unpaired) electrons. The van der Waals surface area contributed by atoms with Gasteiger partial charge in [0, 0.05) is 12.3 Å². The molecule has 2 rings (SSSR count). The fraction of sp³-hybridized carbons (Fsp3) is 0.188. The minimum Gasteiger partial charge on any atom is -0.452 e. The van der Waals surface area contributed by atoms with Gasteiger partial charge in [-0.1, -0.05) is 11.6 Å². The Bertz CT molecular complexity index is 836. The summed E-state index contributed by atoms with van der Waals surface area (Å²) in [5.41, 5.74) is 1.46. The zero-order chi connectivity index (χ0) is 18.6. The fourth-order valence-electron chi connectivity index (χ4n) is 1.95. The Kier molecular flexibility index (Phi) is 5.66. The molecule has 0 unspecified atom stereocenters.